The Balaban J connectivity index is 1.55. The second-order valence-corrected chi connectivity index (χ2v) is 10.9. The van der Waals surface area contributed by atoms with E-state index in [0.717, 1.165) is 36.8 Å². The van der Waals surface area contributed by atoms with E-state index in [1.165, 1.54) is 4.57 Å². The number of nitrogens with one attached hydrogen (secondary N) is 4. The fourth-order valence-corrected chi connectivity index (χ4v) is 5.15. The van der Waals surface area contributed by atoms with Gasteiger partial charge in [0.25, 0.3) is 0 Å². The Morgan fingerprint density at radius 2 is 1.95 bits per heavy atom. The van der Waals surface area contributed by atoms with E-state index in [9.17, 15) is 9.90 Å². The third-order valence-electron chi connectivity index (χ3n) is 7.06. The van der Waals surface area contributed by atoms with Gasteiger partial charge >= 0.3 is 5.69 Å². The lowest BCUT2D eigenvalue weighted by Crippen LogP contribution is -2.33. The van der Waals surface area contributed by atoms with Crippen LogP contribution in [0.3, 0.4) is 0 Å². The van der Waals surface area contributed by atoms with Gasteiger partial charge in [0, 0.05) is 42.4 Å². The number of halogens is 2. The van der Waals surface area contributed by atoms with Crippen LogP contribution in [0.15, 0.2) is 53.5 Å². The molecule has 10 nitrogen and oxygen atoms in total. The molecule has 2 heterocycles. The van der Waals surface area contributed by atoms with E-state index in [-0.39, 0.29) is 29.7 Å². The number of hydrogen-bond donors (Lipinski definition) is 7. The monoisotopic (exact) mass is 596 g/mol. The van der Waals surface area contributed by atoms with Crippen molar-refractivity contribution >= 4 is 28.6 Å². The van der Waals surface area contributed by atoms with Gasteiger partial charge in [-0.05, 0) is 87.0 Å². The van der Waals surface area contributed by atoms with Crippen LogP contribution in [0, 0.1) is 11.2 Å². The maximum absolute atomic E-state index is 15.1. The van der Waals surface area contributed by atoms with Gasteiger partial charge in [-0.3, -0.25) is 9.98 Å². The molecule has 0 spiro atoms. The Morgan fingerprint density at radius 1 is 1.19 bits per heavy atom. The molecular formula is C30H38ClFN8O2. The van der Waals surface area contributed by atoms with Crippen molar-refractivity contribution in [3.05, 3.63) is 81.1 Å². The molecule has 2 aromatic carbocycles. The van der Waals surface area contributed by atoms with Crippen molar-refractivity contribution in [3.8, 4) is 16.9 Å². The Morgan fingerprint density at radius 3 is 2.64 bits per heavy atom. The molecule has 2 aromatic heterocycles. The summed E-state index contributed by atoms with van der Waals surface area (Å²) < 4.78 is 16.5. The molecule has 0 fully saturated rings. The smallest absolute Gasteiger partial charge is 0.354 e. The fraction of sp³-hybridized carbons (Fsp3) is 0.367. The van der Waals surface area contributed by atoms with Crippen LogP contribution in [0.25, 0.3) is 28.0 Å². The van der Waals surface area contributed by atoms with E-state index < -0.39 is 11.5 Å². The van der Waals surface area contributed by atoms with Gasteiger partial charge in [-0.2, -0.15) is 4.98 Å². The Hall–Kier alpha value is -3.77. The average molecular weight is 597 g/mol. The van der Waals surface area contributed by atoms with Crippen LogP contribution < -0.4 is 27.8 Å². The van der Waals surface area contributed by atoms with E-state index in [4.69, 9.17) is 28.5 Å². The molecule has 0 amide bonds. The first-order valence-electron chi connectivity index (χ1n) is 14.0. The molecular weight excluding hydrogens is 559 g/mol. The standard InChI is InChI=1S/C30H38ClFN8O2/c1-18(33)4-2-5-19-14-23(27(32)24(31)15-19)26-16-21-17-40(30(42)39-28(21)38-26)22-8-6-20(7-9-22)25(10-13-41)36-11-3-12-37-29(34)35/h6-9,14-18,25,36,41H,2-5,10-13,33H2,1H3,(H4,34,35,37)(H,38,39,42)/t18-,25-/m0/s1. The van der Waals surface area contributed by atoms with Crippen LogP contribution in [0.1, 0.15) is 49.8 Å². The molecule has 0 aliphatic heterocycles. The number of benzene rings is 2. The van der Waals surface area contributed by atoms with Crippen molar-refractivity contribution in [1.82, 2.24) is 25.2 Å². The van der Waals surface area contributed by atoms with E-state index in [2.05, 4.69) is 20.6 Å². The van der Waals surface area contributed by atoms with Gasteiger partial charge in [0.15, 0.2) is 11.8 Å². The maximum Gasteiger partial charge on any atom is 0.354 e. The van der Waals surface area contributed by atoms with Gasteiger partial charge in [-0.15, -0.1) is 0 Å². The van der Waals surface area contributed by atoms with E-state index in [0.29, 0.717) is 47.5 Å². The third-order valence-corrected chi connectivity index (χ3v) is 7.34. The lowest BCUT2D eigenvalue weighted by atomic mass is 10.0. The van der Waals surface area contributed by atoms with Crippen LogP contribution in [-0.4, -0.2) is 51.3 Å². The quantitative estimate of drug-likeness (QED) is 0.0660. The van der Waals surface area contributed by atoms with E-state index in [1.54, 1.807) is 24.4 Å². The number of rotatable bonds is 14. The van der Waals surface area contributed by atoms with Crippen molar-refractivity contribution < 1.29 is 9.50 Å². The molecule has 0 radical (unpaired) electrons. The van der Waals surface area contributed by atoms with Crippen molar-refractivity contribution in [2.45, 2.75) is 51.1 Å². The van der Waals surface area contributed by atoms with Gasteiger partial charge in [-0.1, -0.05) is 23.7 Å². The predicted molar refractivity (Wildman–Crippen MR) is 166 cm³/mol. The fourth-order valence-electron chi connectivity index (χ4n) is 4.91. The summed E-state index contributed by atoms with van der Waals surface area (Å²) >= 11 is 6.23. The summed E-state index contributed by atoms with van der Waals surface area (Å²) in [5.74, 6) is -0.600. The second kappa shape index (κ2) is 14.4. The van der Waals surface area contributed by atoms with Crippen molar-refractivity contribution in [1.29, 1.82) is 5.41 Å². The zero-order valence-electron chi connectivity index (χ0n) is 23.6. The number of fused-ring (bicyclic) bond motifs is 1. The van der Waals surface area contributed by atoms with E-state index in [1.807, 2.05) is 31.2 Å². The largest absolute Gasteiger partial charge is 0.396 e. The number of nitrogens with two attached hydrogens (primary N) is 2. The van der Waals surface area contributed by atoms with Gasteiger partial charge in [0.05, 0.1) is 16.4 Å². The lowest BCUT2D eigenvalue weighted by molar-refractivity contribution is 0.265. The Kier molecular flexibility index (Phi) is 10.7. The molecule has 12 heteroatoms. The normalized spacial score (nSPS) is 12.9. The Labute approximate surface area is 248 Å². The Bertz CT molecular complexity index is 1570. The predicted octanol–water partition coefficient (Wildman–Crippen LogP) is 3.73. The summed E-state index contributed by atoms with van der Waals surface area (Å²) in [5, 5.41) is 23.6. The first-order valence-corrected chi connectivity index (χ1v) is 14.4. The molecule has 224 valence electrons. The van der Waals surface area contributed by atoms with Gasteiger partial charge in [-0.25, -0.2) is 9.18 Å². The molecule has 42 heavy (non-hydrogen) atoms. The van der Waals surface area contributed by atoms with Crippen LogP contribution in [0.5, 0.6) is 0 Å². The first kappa shape index (κ1) is 31.2. The van der Waals surface area contributed by atoms with Crippen molar-refractivity contribution in [2.75, 3.05) is 19.7 Å². The second-order valence-electron chi connectivity index (χ2n) is 10.5. The zero-order chi connectivity index (χ0) is 30.2. The third kappa shape index (κ3) is 7.95. The number of hydrogen-bond acceptors (Lipinski definition) is 6. The molecule has 0 saturated carbocycles. The van der Waals surface area contributed by atoms with Crippen LogP contribution in [0.4, 0.5) is 4.39 Å². The molecule has 9 N–H and O–H groups in total. The van der Waals surface area contributed by atoms with Gasteiger partial charge in [0.2, 0.25) is 0 Å². The van der Waals surface area contributed by atoms with E-state index >= 15 is 4.39 Å². The summed E-state index contributed by atoms with van der Waals surface area (Å²) in [6.07, 6.45) is 5.39. The molecule has 0 unspecified atom stereocenters. The van der Waals surface area contributed by atoms with Crippen LogP contribution in [-0.2, 0) is 6.42 Å². The number of H-pyrrole nitrogens is 1. The molecule has 0 aliphatic carbocycles. The summed E-state index contributed by atoms with van der Waals surface area (Å²) in [7, 11) is 0. The highest BCUT2D eigenvalue weighted by Crippen LogP contribution is 2.31. The molecule has 0 saturated heterocycles. The number of aliphatic hydroxyl groups excluding tert-OH is 1. The summed E-state index contributed by atoms with van der Waals surface area (Å²) in [5.41, 5.74) is 14.3. The average Bonchev–Trinajstić information content (AvgIpc) is 3.36. The maximum atomic E-state index is 15.1. The first-order chi connectivity index (χ1) is 20.2. The van der Waals surface area contributed by atoms with Gasteiger partial charge < -0.3 is 32.2 Å². The number of aromatic nitrogens is 3. The van der Waals surface area contributed by atoms with Crippen molar-refractivity contribution in [3.63, 3.8) is 0 Å². The lowest BCUT2D eigenvalue weighted by Gasteiger charge is -2.19. The van der Waals surface area contributed by atoms with Gasteiger partial charge in [0.1, 0.15) is 5.65 Å². The number of aryl methyl sites for hydroxylation is 1. The molecule has 2 atom stereocenters. The molecule has 0 bridgehead atoms. The number of nitrogens with zero attached hydrogens (tertiary/aromatic N) is 2. The zero-order valence-corrected chi connectivity index (χ0v) is 24.3. The highest BCUT2D eigenvalue weighted by Gasteiger charge is 2.16. The van der Waals surface area contributed by atoms with Crippen LogP contribution in [0.2, 0.25) is 5.02 Å². The minimum Gasteiger partial charge on any atom is -0.396 e. The molecule has 0 aliphatic rings. The summed E-state index contributed by atoms with van der Waals surface area (Å²) in [6.45, 7) is 3.22. The minimum absolute atomic E-state index is 0.0165. The molecule has 4 rings (SSSR count). The highest BCUT2D eigenvalue weighted by molar-refractivity contribution is 6.31. The number of guanidine groups is 1. The number of aromatic amines is 1. The minimum atomic E-state index is -0.536. The molecule has 4 aromatic rings. The SMILES string of the molecule is C[C@H](N)CCCc1cc(Cl)c(F)c(-c2cc3cn(-c4ccc([C@H](CCO)NCCCNC(=N)N)cc4)c(=O)nc3[nH]2)c1. The topological polar surface area (TPSA) is 171 Å². The number of aliphatic hydroxyl groups is 1. The summed E-state index contributed by atoms with van der Waals surface area (Å²) in [4.78, 5) is 20.2. The highest BCUT2D eigenvalue weighted by atomic mass is 35.5. The summed E-state index contributed by atoms with van der Waals surface area (Å²) in [6, 6.07) is 12.6. The van der Waals surface area contributed by atoms with Crippen molar-refractivity contribution in [2.24, 2.45) is 11.5 Å². The van der Waals surface area contributed by atoms with Crippen LogP contribution >= 0.6 is 11.6 Å².